The van der Waals surface area contributed by atoms with Gasteiger partial charge in [-0.05, 0) is 50.7 Å². The summed E-state index contributed by atoms with van der Waals surface area (Å²) in [6.07, 6.45) is 8.96. The van der Waals surface area contributed by atoms with Gasteiger partial charge in [-0.3, -0.25) is 5.43 Å². The molecule has 7 heteroatoms. The van der Waals surface area contributed by atoms with Crippen LogP contribution < -0.4 is 15.2 Å². The van der Waals surface area contributed by atoms with Crippen LogP contribution in [-0.4, -0.2) is 47.5 Å². The van der Waals surface area contributed by atoms with Crippen molar-refractivity contribution in [2.45, 2.75) is 38.5 Å². The Morgan fingerprint density at radius 3 is 2.29 bits per heavy atom. The van der Waals surface area contributed by atoms with Crippen LogP contribution in [0, 0.1) is 0 Å². The van der Waals surface area contributed by atoms with E-state index < -0.39 is 0 Å². The lowest BCUT2D eigenvalue weighted by molar-refractivity contribution is 0.474. The number of aromatic hydroxyl groups is 1. The Bertz CT molecular complexity index is 776. The minimum Gasteiger partial charge on any atom is -0.507 e. The quantitative estimate of drug-likeness (QED) is 0.610. The monoisotopic (exact) mass is 380 g/mol. The van der Waals surface area contributed by atoms with Crippen molar-refractivity contribution >= 4 is 23.8 Å². The predicted octanol–water partition coefficient (Wildman–Crippen LogP) is 3.61. The van der Waals surface area contributed by atoms with Crippen LogP contribution in [0.3, 0.4) is 0 Å². The number of aromatic nitrogens is 2. The van der Waals surface area contributed by atoms with Crippen molar-refractivity contribution in [1.29, 1.82) is 0 Å². The molecule has 2 fully saturated rings. The van der Waals surface area contributed by atoms with Crippen LogP contribution in [0.4, 0.5) is 17.6 Å². The van der Waals surface area contributed by atoms with Crippen molar-refractivity contribution in [2.24, 2.45) is 5.10 Å². The highest BCUT2D eigenvalue weighted by Crippen LogP contribution is 2.25. The number of benzene rings is 1. The summed E-state index contributed by atoms with van der Waals surface area (Å²) in [6, 6.07) is 9.10. The summed E-state index contributed by atoms with van der Waals surface area (Å²) in [5.74, 6) is 2.64. The number of nitrogens with zero attached hydrogens (tertiary/aromatic N) is 5. The zero-order chi connectivity index (χ0) is 19.2. The van der Waals surface area contributed by atoms with E-state index in [1.54, 1.807) is 18.3 Å². The molecule has 2 N–H and O–H groups in total. The molecule has 0 radical (unpaired) electrons. The molecule has 0 atom stereocenters. The van der Waals surface area contributed by atoms with Gasteiger partial charge in [0.15, 0.2) is 5.82 Å². The van der Waals surface area contributed by atoms with Gasteiger partial charge in [0.05, 0.1) is 6.21 Å². The number of hydrogen-bond acceptors (Lipinski definition) is 7. The number of piperidine rings is 2. The number of phenols is 1. The molecule has 28 heavy (non-hydrogen) atoms. The first-order valence-electron chi connectivity index (χ1n) is 10.3. The first-order valence-corrected chi connectivity index (χ1v) is 10.3. The molecule has 2 aliphatic heterocycles. The van der Waals surface area contributed by atoms with Gasteiger partial charge in [0.25, 0.3) is 0 Å². The topological polar surface area (TPSA) is 76.9 Å². The average molecular weight is 380 g/mol. The van der Waals surface area contributed by atoms with Crippen LogP contribution in [-0.2, 0) is 0 Å². The third-order valence-corrected chi connectivity index (χ3v) is 5.34. The van der Waals surface area contributed by atoms with E-state index in [-0.39, 0.29) is 5.75 Å². The molecular weight excluding hydrogens is 352 g/mol. The standard InChI is InChI=1S/C21H28N6O/c28-18-10-4-3-9-17(18)16-22-25-19-15-20(26-11-5-1-6-12-26)24-21(23-19)27-13-7-2-8-14-27/h3-4,9-10,15-16,28H,1-2,5-8,11-14H2,(H,23,24,25). The maximum Gasteiger partial charge on any atom is 0.229 e. The predicted molar refractivity (Wildman–Crippen MR) is 113 cm³/mol. The van der Waals surface area contributed by atoms with Gasteiger partial charge in [-0.1, -0.05) is 12.1 Å². The second kappa shape index (κ2) is 8.91. The molecule has 3 heterocycles. The largest absolute Gasteiger partial charge is 0.507 e. The summed E-state index contributed by atoms with van der Waals surface area (Å²) in [5.41, 5.74) is 3.70. The van der Waals surface area contributed by atoms with Gasteiger partial charge in [0.1, 0.15) is 11.6 Å². The summed E-state index contributed by atoms with van der Waals surface area (Å²) in [4.78, 5) is 14.2. The van der Waals surface area contributed by atoms with E-state index in [9.17, 15) is 5.11 Å². The summed E-state index contributed by atoms with van der Waals surface area (Å²) >= 11 is 0. The van der Waals surface area contributed by atoms with Gasteiger partial charge in [-0.25, -0.2) is 0 Å². The van der Waals surface area contributed by atoms with E-state index >= 15 is 0 Å². The summed E-state index contributed by atoms with van der Waals surface area (Å²) in [6.45, 7) is 4.09. The molecule has 7 nitrogen and oxygen atoms in total. The molecule has 2 aliphatic rings. The van der Waals surface area contributed by atoms with Crippen LogP contribution in [0.15, 0.2) is 35.4 Å². The number of phenolic OH excluding ortho intramolecular Hbond substituents is 1. The van der Waals surface area contributed by atoms with Crippen molar-refractivity contribution in [3.63, 3.8) is 0 Å². The second-order valence-corrected chi connectivity index (χ2v) is 7.44. The van der Waals surface area contributed by atoms with Crippen LogP contribution in [0.2, 0.25) is 0 Å². The Kier molecular flexibility index (Phi) is 5.89. The van der Waals surface area contributed by atoms with Gasteiger partial charge in [0.2, 0.25) is 5.95 Å². The minimum absolute atomic E-state index is 0.207. The second-order valence-electron chi connectivity index (χ2n) is 7.44. The molecule has 2 saturated heterocycles. The lowest BCUT2D eigenvalue weighted by atomic mass is 10.1. The van der Waals surface area contributed by atoms with E-state index in [2.05, 4.69) is 20.3 Å². The zero-order valence-corrected chi connectivity index (χ0v) is 16.2. The molecule has 4 rings (SSSR count). The zero-order valence-electron chi connectivity index (χ0n) is 16.2. The van der Waals surface area contributed by atoms with Gasteiger partial charge >= 0.3 is 0 Å². The Balaban J connectivity index is 1.56. The first kappa shape index (κ1) is 18.5. The molecule has 0 amide bonds. The lowest BCUT2D eigenvalue weighted by Crippen LogP contribution is -2.33. The maximum atomic E-state index is 9.88. The van der Waals surface area contributed by atoms with Crippen LogP contribution in [0.5, 0.6) is 5.75 Å². The fourth-order valence-electron chi connectivity index (χ4n) is 3.76. The molecular formula is C21H28N6O. The van der Waals surface area contributed by atoms with Crippen molar-refractivity contribution in [3.05, 3.63) is 35.9 Å². The van der Waals surface area contributed by atoms with Crippen LogP contribution in [0.25, 0.3) is 0 Å². The number of anilines is 3. The van der Waals surface area contributed by atoms with Crippen molar-refractivity contribution in [2.75, 3.05) is 41.4 Å². The Morgan fingerprint density at radius 1 is 0.893 bits per heavy atom. The molecule has 0 saturated carbocycles. The third kappa shape index (κ3) is 4.52. The summed E-state index contributed by atoms with van der Waals surface area (Å²) < 4.78 is 0. The van der Waals surface area contributed by atoms with Crippen LogP contribution in [0.1, 0.15) is 44.1 Å². The van der Waals surface area contributed by atoms with Crippen molar-refractivity contribution in [1.82, 2.24) is 9.97 Å². The fourth-order valence-corrected chi connectivity index (χ4v) is 3.76. The molecule has 0 bridgehead atoms. The normalized spacial score (nSPS) is 17.9. The Hall–Kier alpha value is -2.83. The lowest BCUT2D eigenvalue weighted by Gasteiger charge is -2.31. The van der Waals surface area contributed by atoms with E-state index in [4.69, 9.17) is 9.97 Å². The SMILES string of the molecule is Oc1ccccc1C=NNc1cc(N2CCCCC2)nc(N2CCCCC2)n1. The highest BCUT2D eigenvalue weighted by molar-refractivity contribution is 5.83. The maximum absolute atomic E-state index is 9.88. The van der Waals surface area contributed by atoms with Crippen molar-refractivity contribution in [3.8, 4) is 5.75 Å². The highest BCUT2D eigenvalue weighted by atomic mass is 16.3. The molecule has 1 aromatic carbocycles. The average Bonchev–Trinajstić information content (AvgIpc) is 2.76. The molecule has 1 aromatic heterocycles. The number of hydrazone groups is 1. The third-order valence-electron chi connectivity index (χ3n) is 5.34. The van der Waals surface area contributed by atoms with Gasteiger partial charge in [-0.2, -0.15) is 15.1 Å². The van der Waals surface area contributed by atoms with E-state index in [0.717, 1.165) is 37.9 Å². The first-order chi connectivity index (χ1) is 13.8. The number of para-hydroxylation sites is 1. The van der Waals surface area contributed by atoms with E-state index in [1.807, 2.05) is 18.2 Å². The number of hydrogen-bond donors (Lipinski definition) is 2. The van der Waals surface area contributed by atoms with E-state index in [1.165, 1.54) is 38.5 Å². The number of nitrogens with one attached hydrogen (secondary N) is 1. The molecule has 0 spiro atoms. The molecule has 148 valence electrons. The molecule has 2 aromatic rings. The fraction of sp³-hybridized carbons (Fsp3) is 0.476. The number of rotatable bonds is 5. The van der Waals surface area contributed by atoms with Gasteiger partial charge < -0.3 is 14.9 Å². The van der Waals surface area contributed by atoms with Crippen molar-refractivity contribution < 1.29 is 5.11 Å². The minimum atomic E-state index is 0.207. The molecule has 0 aliphatic carbocycles. The summed E-state index contributed by atoms with van der Waals surface area (Å²) in [7, 11) is 0. The van der Waals surface area contributed by atoms with Crippen LogP contribution >= 0.6 is 0 Å². The van der Waals surface area contributed by atoms with Gasteiger partial charge in [-0.15, -0.1) is 0 Å². The van der Waals surface area contributed by atoms with Gasteiger partial charge in [0, 0.05) is 37.8 Å². The Morgan fingerprint density at radius 2 is 1.57 bits per heavy atom. The summed E-state index contributed by atoms with van der Waals surface area (Å²) in [5, 5.41) is 14.2. The smallest absolute Gasteiger partial charge is 0.229 e. The molecule has 0 unspecified atom stereocenters. The Labute approximate surface area is 166 Å². The van der Waals surface area contributed by atoms with E-state index in [0.29, 0.717) is 11.4 Å². The highest BCUT2D eigenvalue weighted by Gasteiger charge is 2.19.